The summed E-state index contributed by atoms with van der Waals surface area (Å²) < 4.78 is 17.5. The number of cyclic esters (lactones) is 1. The molecular formula is C40H65N3O8. The number of carbonyl (C=O) groups is 3. The molecule has 0 aromatic rings. The molecule has 2 saturated heterocycles. The average Bonchev–Trinajstić information content (AvgIpc) is 3.25. The zero-order chi connectivity index (χ0) is 37.2. The summed E-state index contributed by atoms with van der Waals surface area (Å²) in [7, 11) is 0. The fourth-order valence-electron chi connectivity index (χ4n) is 7.80. The molecule has 3 heterocycles. The van der Waals surface area contributed by atoms with Crippen LogP contribution in [-0.2, 0) is 19.0 Å². The summed E-state index contributed by atoms with van der Waals surface area (Å²) in [5.74, 6) is -0.897. The van der Waals surface area contributed by atoms with Gasteiger partial charge in [-0.1, -0.05) is 63.8 Å². The largest absolute Gasteiger partial charge is 0.457 e. The van der Waals surface area contributed by atoms with E-state index < -0.39 is 36.0 Å². The first-order valence-corrected chi connectivity index (χ1v) is 19.4. The molecule has 3 aliphatic heterocycles. The highest BCUT2D eigenvalue weighted by molar-refractivity contribution is 5.71. The number of allylic oxidation sites excluding steroid dienone is 2. The first-order valence-electron chi connectivity index (χ1n) is 19.4. The Morgan fingerprint density at radius 3 is 2.31 bits per heavy atom. The van der Waals surface area contributed by atoms with Crippen molar-refractivity contribution in [2.75, 3.05) is 39.3 Å². The van der Waals surface area contributed by atoms with E-state index in [4.69, 9.17) is 14.2 Å². The van der Waals surface area contributed by atoms with Gasteiger partial charge in [-0.05, 0) is 77.9 Å². The molecule has 11 nitrogen and oxygen atoms in total. The van der Waals surface area contributed by atoms with E-state index in [1.54, 1.807) is 22.8 Å². The Kier molecular flexibility index (Phi) is 15.0. The first kappa shape index (κ1) is 40.9. The van der Waals surface area contributed by atoms with Crippen molar-refractivity contribution in [1.82, 2.24) is 14.7 Å². The number of piperazine rings is 1. The van der Waals surface area contributed by atoms with Crippen molar-refractivity contribution in [2.45, 2.75) is 148 Å². The first-order chi connectivity index (χ1) is 24.2. The van der Waals surface area contributed by atoms with Gasteiger partial charge in [-0.3, -0.25) is 9.69 Å². The van der Waals surface area contributed by atoms with Crippen LogP contribution in [0.1, 0.15) is 112 Å². The third kappa shape index (κ3) is 12.1. The summed E-state index contributed by atoms with van der Waals surface area (Å²) in [5.41, 5.74) is -0.882. The number of nitrogens with zero attached hydrogens (tertiary/aromatic N) is 3. The van der Waals surface area contributed by atoms with Crippen molar-refractivity contribution in [3.05, 3.63) is 36.0 Å². The highest BCUT2D eigenvalue weighted by Gasteiger charge is 2.38. The van der Waals surface area contributed by atoms with Gasteiger partial charge in [0.15, 0.2) is 6.10 Å². The lowest BCUT2D eigenvalue weighted by molar-refractivity contribution is -0.151. The summed E-state index contributed by atoms with van der Waals surface area (Å²) in [6.07, 6.45) is 15.4. The van der Waals surface area contributed by atoms with Gasteiger partial charge >= 0.3 is 18.2 Å². The summed E-state index contributed by atoms with van der Waals surface area (Å²) in [6.45, 7) is 15.2. The quantitative estimate of drug-likeness (QED) is 0.101. The second kappa shape index (κ2) is 18.7. The molecule has 11 heteroatoms. The maximum absolute atomic E-state index is 13.5. The SMILES string of the molecule is C/C(=C\C=C\[C@@H](C)COC(=O)N1CCCC1(C)C)[C@H]1OC(=O)C[C@@H](O)CC[C@](C)(O)[C@@H](OC(=O)N2CCN(C3CCCCCC3)CC2)/C=C\[C@@H]1C. The molecule has 0 bridgehead atoms. The van der Waals surface area contributed by atoms with Crippen LogP contribution in [0.3, 0.4) is 0 Å². The van der Waals surface area contributed by atoms with Crippen LogP contribution >= 0.6 is 0 Å². The van der Waals surface area contributed by atoms with Crippen molar-refractivity contribution in [3.63, 3.8) is 0 Å². The molecule has 4 aliphatic rings. The van der Waals surface area contributed by atoms with E-state index in [2.05, 4.69) is 18.7 Å². The van der Waals surface area contributed by atoms with Crippen LogP contribution in [0.4, 0.5) is 9.59 Å². The number of rotatable bonds is 7. The van der Waals surface area contributed by atoms with Crippen LogP contribution in [0.2, 0.25) is 0 Å². The van der Waals surface area contributed by atoms with Gasteiger partial charge in [-0.25, -0.2) is 9.59 Å². The third-order valence-corrected chi connectivity index (χ3v) is 11.3. The monoisotopic (exact) mass is 715 g/mol. The molecule has 0 aromatic carbocycles. The van der Waals surface area contributed by atoms with Gasteiger partial charge in [0.05, 0.1) is 19.1 Å². The smallest absolute Gasteiger partial charge is 0.410 e. The van der Waals surface area contributed by atoms with Crippen LogP contribution in [-0.4, -0.2) is 118 Å². The minimum absolute atomic E-state index is 0.0347. The lowest BCUT2D eigenvalue weighted by Crippen LogP contribution is -2.53. The molecule has 2 amide bonds. The van der Waals surface area contributed by atoms with Crippen LogP contribution in [0.5, 0.6) is 0 Å². The lowest BCUT2D eigenvalue weighted by atomic mass is 9.89. The number of ether oxygens (including phenoxy) is 3. The summed E-state index contributed by atoms with van der Waals surface area (Å²) in [5, 5.41) is 22.2. The van der Waals surface area contributed by atoms with Crippen LogP contribution in [0.25, 0.3) is 0 Å². The Hall–Kier alpha value is -2.89. The van der Waals surface area contributed by atoms with Gasteiger partial charge in [0, 0.05) is 56.1 Å². The highest BCUT2D eigenvalue weighted by atomic mass is 16.6. The van der Waals surface area contributed by atoms with Crippen LogP contribution < -0.4 is 0 Å². The standard InChI is InChI=1S/C40H65N3O8/c1-29(28-49-38(47)43-22-12-20-39(43,4)5)13-11-14-30(2)36-31(3)17-18-34(40(6,48)21-19-33(44)27-35(45)51-36)50-37(46)42-25-23-41(24-26-42)32-15-9-7-8-10-16-32/h11,13-14,17-18,29,31-34,36,44,48H,7-10,12,15-16,19-28H2,1-6H3/b13-11+,18-17-,30-14+/t29-,31+,33+,34+,36-,40+/m1/s1. The maximum Gasteiger partial charge on any atom is 0.410 e. The third-order valence-electron chi connectivity index (χ3n) is 11.3. The molecule has 4 rings (SSSR count). The molecule has 0 aromatic heterocycles. The van der Waals surface area contributed by atoms with Gasteiger partial charge in [-0.15, -0.1) is 0 Å². The molecule has 0 spiro atoms. The van der Waals surface area contributed by atoms with Crippen molar-refractivity contribution >= 4 is 18.2 Å². The maximum atomic E-state index is 13.5. The molecule has 2 N–H and O–H groups in total. The van der Waals surface area contributed by atoms with Crippen LogP contribution in [0, 0.1) is 11.8 Å². The average molecular weight is 716 g/mol. The van der Waals surface area contributed by atoms with Crippen molar-refractivity contribution in [1.29, 1.82) is 0 Å². The Bertz CT molecular complexity index is 1250. The Morgan fingerprint density at radius 2 is 1.67 bits per heavy atom. The van der Waals surface area contributed by atoms with E-state index >= 15 is 0 Å². The molecule has 1 aliphatic carbocycles. The molecule has 6 atom stereocenters. The van der Waals surface area contributed by atoms with Crippen molar-refractivity contribution in [3.8, 4) is 0 Å². The molecule has 51 heavy (non-hydrogen) atoms. The van der Waals surface area contributed by atoms with E-state index in [1.807, 2.05) is 45.1 Å². The fourth-order valence-corrected chi connectivity index (χ4v) is 7.80. The number of hydrogen-bond donors (Lipinski definition) is 2. The van der Waals surface area contributed by atoms with Crippen molar-refractivity contribution in [2.24, 2.45) is 11.8 Å². The minimum atomic E-state index is -1.47. The second-order valence-corrected chi connectivity index (χ2v) is 16.3. The number of carbonyl (C=O) groups excluding carboxylic acids is 3. The number of hydrogen-bond acceptors (Lipinski definition) is 9. The van der Waals surface area contributed by atoms with E-state index in [1.165, 1.54) is 38.5 Å². The normalized spacial score (nSPS) is 32.0. The second-order valence-electron chi connectivity index (χ2n) is 16.3. The van der Waals surface area contributed by atoms with Crippen LogP contribution in [0.15, 0.2) is 36.0 Å². The predicted octanol–water partition coefficient (Wildman–Crippen LogP) is 6.38. The number of likely N-dealkylation sites (tertiary alicyclic amines) is 1. The van der Waals surface area contributed by atoms with Gasteiger partial charge in [-0.2, -0.15) is 0 Å². The van der Waals surface area contributed by atoms with E-state index in [0.29, 0.717) is 25.7 Å². The van der Waals surface area contributed by atoms with E-state index in [9.17, 15) is 24.6 Å². The summed E-state index contributed by atoms with van der Waals surface area (Å²) in [6, 6.07) is 0.587. The number of aliphatic hydroxyl groups excluding tert-OH is 1. The Labute approximate surface area is 306 Å². The Balaban J connectivity index is 1.39. The topological polar surface area (TPSA) is 129 Å². The molecule has 0 unspecified atom stereocenters. The summed E-state index contributed by atoms with van der Waals surface area (Å²) >= 11 is 0. The highest BCUT2D eigenvalue weighted by Crippen LogP contribution is 2.30. The molecule has 1 saturated carbocycles. The zero-order valence-electron chi connectivity index (χ0n) is 32.1. The lowest BCUT2D eigenvalue weighted by Gasteiger charge is -2.40. The van der Waals surface area contributed by atoms with Gasteiger partial charge in [0.1, 0.15) is 11.7 Å². The van der Waals surface area contributed by atoms with E-state index in [0.717, 1.165) is 31.5 Å². The molecule has 3 fully saturated rings. The van der Waals surface area contributed by atoms with Gasteiger partial charge in [0.2, 0.25) is 0 Å². The number of esters is 1. The zero-order valence-corrected chi connectivity index (χ0v) is 32.1. The van der Waals surface area contributed by atoms with E-state index in [-0.39, 0.29) is 49.3 Å². The van der Waals surface area contributed by atoms with Crippen molar-refractivity contribution < 1.29 is 38.8 Å². The predicted molar refractivity (Wildman–Crippen MR) is 197 cm³/mol. The molecule has 288 valence electrons. The Morgan fingerprint density at radius 1 is 0.980 bits per heavy atom. The summed E-state index contributed by atoms with van der Waals surface area (Å²) in [4.78, 5) is 45.0. The van der Waals surface area contributed by atoms with Gasteiger partial charge < -0.3 is 34.2 Å². The minimum Gasteiger partial charge on any atom is -0.457 e. The number of aliphatic hydroxyl groups is 2. The fraction of sp³-hybridized carbons (Fsp3) is 0.775. The molecular weight excluding hydrogens is 650 g/mol. The number of amides is 2. The molecule has 0 radical (unpaired) electrons. The van der Waals surface area contributed by atoms with Gasteiger partial charge in [0.25, 0.3) is 0 Å².